The average molecular weight is 275 g/mol. The summed E-state index contributed by atoms with van der Waals surface area (Å²) in [5, 5.41) is 2.10. The number of aryl methyl sites for hydroxylation is 2. The first-order valence-corrected chi connectivity index (χ1v) is 7.54. The third-order valence-electron chi connectivity index (χ3n) is 3.13. The van der Waals surface area contributed by atoms with Crippen molar-refractivity contribution in [2.75, 3.05) is 13.2 Å². The summed E-state index contributed by atoms with van der Waals surface area (Å²) in [5.41, 5.74) is 9.30. The molecule has 0 atom stereocenters. The Bertz CT molecular complexity index is 497. The fraction of sp³-hybridized carbons (Fsp3) is 0.375. The highest BCUT2D eigenvalue weighted by Gasteiger charge is 2.06. The van der Waals surface area contributed by atoms with E-state index in [0.29, 0.717) is 6.54 Å². The lowest BCUT2D eigenvalue weighted by molar-refractivity contribution is 0.318. The lowest BCUT2D eigenvalue weighted by Gasteiger charge is -2.13. The molecule has 102 valence electrons. The van der Waals surface area contributed by atoms with Crippen molar-refractivity contribution in [3.63, 3.8) is 0 Å². The molecule has 0 bridgehead atoms. The Hall–Kier alpha value is -1.32. The van der Waals surface area contributed by atoms with Crippen LogP contribution < -0.4 is 10.5 Å². The molecule has 0 radical (unpaired) electrons. The van der Waals surface area contributed by atoms with Crippen molar-refractivity contribution in [1.82, 2.24) is 0 Å². The quantitative estimate of drug-likeness (QED) is 0.876. The summed E-state index contributed by atoms with van der Waals surface area (Å²) in [4.78, 5) is 1.37. The Balaban J connectivity index is 1.99. The van der Waals surface area contributed by atoms with Gasteiger partial charge in [-0.1, -0.05) is 18.2 Å². The topological polar surface area (TPSA) is 35.2 Å². The summed E-state index contributed by atoms with van der Waals surface area (Å²) in [6, 6.07) is 8.59. The van der Waals surface area contributed by atoms with Gasteiger partial charge in [0.2, 0.25) is 0 Å². The largest absolute Gasteiger partial charge is 0.493 e. The van der Waals surface area contributed by atoms with Crippen molar-refractivity contribution >= 4 is 11.3 Å². The van der Waals surface area contributed by atoms with Crippen LogP contribution >= 0.6 is 11.3 Å². The minimum Gasteiger partial charge on any atom is -0.493 e. The van der Waals surface area contributed by atoms with Crippen molar-refractivity contribution in [1.29, 1.82) is 0 Å². The maximum absolute atomic E-state index is 5.95. The van der Waals surface area contributed by atoms with E-state index in [1.807, 2.05) is 0 Å². The molecule has 2 aromatic rings. The second-order valence-corrected chi connectivity index (χ2v) is 5.81. The van der Waals surface area contributed by atoms with Gasteiger partial charge in [-0.3, -0.25) is 0 Å². The van der Waals surface area contributed by atoms with Gasteiger partial charge >= 0.3 is 0 Å². The second kappa shape index (κ2) is 6.73. The summed E-state index contributed by atoms with van der Waals surface area (Å²) in [6.07, 6.45) is 1.90. The van der Waals surface area contributed by atoms with E-state index in [0.717, 1.165) is 25.2 Å². The molecule has 1 aromatic carbocycles. The highest BCUT2D eigenvalue weighted by atomic mass is 32.1. The van der Waals surface area contributed by atoms with Gasteiger partial charge in [-0.15, -0.1) is 11.3 Å². The standard InChI is InChI=1S/C16H21NOS/c1-12-10-14(5-7-17)11-13(2)16(12)18-8-6-15-4-3-9-19-15/h3-4,9-11H,5-8,17H2,1-2H3. The van der Waals surface area contributed by atoms with E-state index in [4.69, 9.17) is 10.5 Å². The number of thiophene rings is 1. The molecule has 0 aliphatic rings. The highest BCUT2D eigenvalue weighted by Crippen LogP contribution is 2.25. The zero-order chi connectivity index (χ0) is 13.7. The zero-order valence-electron chi connectivity index (χ0n) is 11.6. The van der Waals surface area contributed by atoms with Gasteiger partial charge < -0.3 is 10.5 Å². The van der Waals surface area contributed by atoms with E-state index in [1.165, 1.54) is 21.6 Å². The van der Waals surface area contributed by atoms with Crippen LogP contribution in [0.5, 0.6) is 5.75 Å². The van der Waals surface area contributed by atoms with Gasteiger partial charge in [0, 0.05) is 11.3 Å². The Labute approximate surface area is 119 Å². The number of benzene rings is 1. The molecule has 0 saturated carbocycles. The van der Waals surface area contributed by atoms with Crippen molar-refractivity contribution in [2.24, 2.45) is 5.73 Å². The van der Waals surface area contributed by atoms with Crippen LogP contribution in [0.3, 0.4) is 0 Å². The van der Waals surface area contributed by atoms with Crippen LogP contribution in [0.2, 0.25) is 0 Å². The van der Waals surface area contributed by atoms with Gasteiger partial charge in [0.25, 0.3) is 0 Å². The molecule has 0 aliphatic heterocycles. The lowest BCUT2D eigenvalue weighted by Crippen LogP contribution is -2.06. The molecular formula is C16H21NOS. The third-order valence-corrected chi connectivity index (χ3v) is 4.06. The third kappa shape index (κ3) is 3.82. The van der Waals surface area contributed by atoms with E-state index >= 15 is 0 Å². The summed E-state index contributed by atoms with van der Waals surface area (Å²) < 4.78 is 5.95. The number of ether oxygens (including phenoxy) is 1. The molecule has 1 aromatic heterocycles. The number of nitrogens with two attached hydrogens (primary N) is 1. The molecule has 2 rings (SSSR count). The first kappa shape index (κ1) is 14.1. The van der Waals surface area contributed by atoms with E-state index in [2.05, 4.69) is 43.5 Å². The fourth-order valence-electron chi connectivity index (χ4n) is 2.29. The molecule has 0 unspecified atom stereocenters. The summed E-state index contributed by atoms with van der Waals surface area (Å²) in [6.45, 7) is 5.64. The van der Waals surface area contributed by atoms with Crippen LogP contribution in [-0.2, 0) is 12.8 Å². The summed E-state index contributed by atoms with van der Waals surface area (Å²) in [7, 11) is 0. The average Bonchev–Trinajstić information content (AvgIpc) is 2.86. The van der Waals surface area contributed by atoms with Gasteiger partial charge in [0.1, 0.15) is 5.75 Å². The molecule has 0 saturated heterocycles. The SMILES string of the molecule is Cc1cc(CCN)cc(C)c1OCCc1cccs1. The van der Waals surface area contributed by atoms with Crippen LogP contribution in [0.15, 0.2) is 29.6 Å². The number of rotatable bonds is 6. The van der Waals surface area contributed by atoms with Gasteiger partial charge in [-0.2, -0.15) is 0 Å². The smallest absolute Gasteiger partial charge is 0.125 e. The van der Waals surface area contributed by atoms with Gasteiger partial charge in [0.15, 0.2) is 0 Å². The molecule has 19 heavy (non-hydrogen) atoms. The summed E-state index contributed by atoms with van der Waals surface area (Å²) in [5.74, 6) is 1.03. The second-order valence-electron chi connectivity index (χ2n) is 4.78. The number of hydrogen-bond donors (Lipinski definition) is 1. The van der Waals surface area contributed by atoms with Gasteiger partial charge in [-0.25, -0.2) is 0 Å². The minimum atomic E-state index is 0.692. The van der Waals surface area contributed by atoms with Crippen LogP contribution in [0.25, 0.3) is 0 Å². The first-order chi connectivity index (χ1) is 9.20. The number of hydrogen-bond acceptors (Lipinski definition) is 3. The van der Waals surface area contributed by atoms with E-state index < -0.39 is 0 Å². The predicted molar refractivity (Wildman–Crippen MR) is 82.2 cm³/mol. The monoisotopic (exact) mass is 275 g/mol. The van der Waals surface area contributed by atoms with Crippen LogP contribution in [0.4, 0.5) is 0 Å². The maximum atomic E-state index is 5.95. The van der Waals surface area contributed by atoms with E-state index in [1.54, 1.807) is 11.3 Å². The molecule has 3 heteroatoms. The Morgan fingerprint density at radius 2 is 1.89 bits per heavy atom. The Morgan fingerprint density at radius 3 is 2.47 bits per heavy atom. The molecular weight excluding hydrogens is 254 g/mol. The van der Waals surface area contributed by atoms with Crippen LogP contribution in [-0.4, -0.2) is 13.2 Å². The molecule has 2 N–H and O–H groups in total. The lowest BCUT2D eigenvalue weighted by atomic mass is 10.0. The first-order valence-electron chi connectivity index (χ1n) is 6.66. The highest BCUT2D eigenvalue weighted by molar-refractivity contribution is 7.09. The van der Waals surface area contributed by atoms with Crippen LogP contribution in [0, 0.1) is 13.8 Å². The fourth-order valence-corrected chi connectivity index (χ4v) is 2.98. The van der Waals surface area contributed by atoms with E-state index in [-0.39, 0.29) is 0 Å². The molecule has 1 heterocycles. The zero-order valence-corrected chi connectivity index (χ0v) is 12.4. The van der Waals surface area contributed by atoms with E-state index in [9.17, 15) is 0 Å². The molecule has 0 amide bonds. The molecule has 2 nitrogen and oxygen atoms in total. The molecule has 0 spiro atoms. The summed E-state index contributed by atoms with van der Waals surface area (Å²) >= 11 is 1.78. The van der Waals surface area contributed by atoms with Gasteiger partial charge in [-0.05, 0) is 54.9 Å². The van der Waals surface area contributed by atoms with Crippen molar-refractivity contribution in [3.8, 4) is 5.75 Å². The van der Waals surface area contributed by atoms with Crippen molar-refractivity contribution < 1.29 is 4.74 Å². The van der Waals surface area contributed by atoms with Crippen molar-refractivity contribution in [2.45, 2.75) is 26.7 Å². The minimum absolute atomic E-state index is 0.692. The van der Waals surface area contributed by atoms with Gasteiger partial charge in [0.05, 0.1) is 6.61 Å². The van der Waals surface area contributed by atoms with Crippen molar-refractivity contribution in [3.05, 3.63) is 51.2 Å². The van der Waals surface area contributed by atoms with Crippen LogP contribution in [0.1, 0.15) is 21.6 Å². The Kier molecular flexibility index (Phi) is 5.00. The molecule has 0 aliphatic carbocycles. The maximum Gasteiger partial charge on any atom is 0.125 e. The Morgan fingerprint density at radius 1 is 1.16 bits per heavy atom. The normalized spacial score (nSPS) is 10.7. The molecule has 0 fully saturated rings. The predicted octanol–water partition coefficient (Wildman–Crippen LogP) is 3.49.